The number of hydrogen-bond acceptors (Lipinski definition) is 6. The highest BCUT2D eigenvalue weighted by atomic mass is 79.9. The minimum atomic E-state index is -3.80. The Hall–Kier alpha value is -2.26. The molecule has 0 amide bonds. The number of hydrogen-bond donors (Lipinski definition) is 2. The van der Waals surface area contributed by atoms with Crippen molar-refractivity contribution in [2.75, 3.05) is 13.2 Å². The number of rotatable bonds is 8. The molecule has 9 heteroatoms. The third-order valence-electron chi connectivity index (χ3n) is 3.18. The summed E-state index contributed by atoms with van der Waals surface area (Å²) in [5.74, 6) is 0.837. The van der Waals surface area contributed by atoms with E-state index in [1.165, 1.54) is 18.3 Å². The second-order valence-corrected chi connectivity index (χ2v) is 7.56. The Morgan fingerprint density at radius 1 is 1.15 bits per heavy atom. The largest absolute Gasteiger partial charge is 0.503 e. The minimum Gasteiger partial charge on any atom is -0.503 e. The van der Waals surface area contributed by atoms with Gasteiger partial charge in [-0.3, -0.25) is 0 Å². The molecule has 0 radical (unpaired) electrons. The molecule has 0 bridgehead atoms. The summed E-state index contributed by atoms with van der Waals surface area (Å²) < 4.78 is 35.5. The summed E-state index contributed by atoms with van der Waals surface area (Å²) in [6.45, 7) is 4.52. The Morgan fingerprint density at radius 3 is 2.42 bits per heavy atom. The molecule has 0 aliphatic carbocycles. The minimum absolute atomic E-state index is 0.0287. The van der Waals surface area contributed by atoms with Crippen LogP contribution in [0.5, 0.6) is 17.2 Å². The molecule has 0 aromatic heterocycles. The van der Waals surface area contributed by atoms with E-state index in [0.717, 1.165) is 0 Å². The van der Waals surface area contributed by atoms with Crippen LogP contribution >= 0.6 is 15.9 Å². The van der Waals surface area contributed by atoms with Crippen LogP contribution in [0.1, 0.15) is 19.4 Å². The molecule has 0 saturated heterocycles. The summed E-state index contributed by atoms with van der Waals surface area (Å²) in [6.07, 6.45) is 1.32. The Balaban J connectivity index is 2.13. The van der Waals surface area contributed by atoms with E-state index in [4.69, 9.17) is 9.47 Å². The maximum Gasteiger partial charge on any atom is 0.276 e. The number of sulfonamides is 1. The molecule has 2 aromatic rings. The van der Waals surface area contributed by atoms with E-state index in [1.54, 1.807) is 31.2 Å². The highest BCUT2D eigenvalue weighted by Gasteiger charge is 2.13. The van der Waals surface area contributed by atoms with Crippen LogP contribution in [0.2, 0.25) is 0 Å². The normalized spacial score (nSPS) is 11.5. The second-order valence-electron chi connectivity index (χ2n) is 5.04. The van der Waals surface area contributed by atoms with Crippen LogP contribution in [0.25, 0.3) is 0 Å². The highest BCUT2D eigenvalue weighted by Crippen LogP contribution is 2.35. The number of hydrazone groups is 1. The van der Waals surface area contributed by atoms with Gasteiger partial charge in [-0.05, 0) is 71.7 Å². The highest BCUT2D eigenvalue weighted by molar-refractivity contribution is 9.10. The summed E-state index contributed by atoms with van der Waals surface area (Å²) >= 11 is 3.21. The van der Waals surface area contributed by atoms with Crippen molar-refractivity contribution < 1.29 is 23.0 Å². The van der Waals surface area contributed by atoms with Crippen molar-refractivity contribution in [2.24, 2.45) is 5.10 Å². The van der Waals surface area contributed by atoms with Gasteiger partial charge in [0.15, 0.2) is 11.5 Å². The van der Waals surface area contributed by atoms with Gasteiger partial charge in [-0.15, -0.1) is 0 Å². The first-order valence-corrected chi connectivity index (χ1v) is 10.1. The maximum atomic E-state index is 12.2. The van der Waals surface area contributed by atoms with E-state index in [9.17, 15) is 13.5 Å². The van der Waals surface area contributed by atoms with Crippen molar-refractivity contribution in [2.45, 2.75) is 18.7 Å². The smallest absolute Gasteiger partial charge is 0.276 e. The van der Waals surface area contributed by atoms with Crippen molar-refractivity contribution in [1.29, 1.82) is 0 Å². The maximum absolute atomic E-state index is 12.2. The molecule has 2 aromatic carbocycles. The first-order valence-electron chi connectivity index (χ1n) is 7.80. The van der Waals surface area contributed by atoms with Gasteiger partial charge < -0.3 is 14.6 Å². The van der Waals surface area contributed by atoms with Crippen LogP contribution in [0.4, 0.5) is 0 Å². The third-order valence-corrected chi connectivity index (χ3v) is 5.03. The molecule has 0 aliphatic heterocycles. The molecule has 2 rings (SSSR count). The van der Waals surface area contributed by atoms with E-state index in [1.807, 2.05) is 6.92 Å². The first kappa shape index (κ1) is 20.1. The number of nitrogens with one attached hydrogen (secondary N) is 1. The van der Waals surface area contributed by atoms with E-state index < -0.39 is 10.0 Å². The summed E-state index contributed by atoms with van der Waals surface area (Å²) in [4.78, 5) is 2.21. The number of ether oxygens (including phenoxy) is 2. The van der Waals surface area contributed by atoms with Gasteiger partial charge in [0, 0.05) is 0 Å². The van der Waals surface area contributed by atoms with E-state index in [2.05, 4.69) is 25.9 Å². The number of phenolic OH excluding ortho intramolecular Hbond substituents is 1. The number of benzene rings is 2. The van der Waals surface area contributed by atoms with Gasteiger partial charge in [-0.1, -0.05) is 0 Å². The lowest BCUT2D eigenvalue weighted by Crippen LogP contribution is -2.18. The molecule has 0 unspecified atom stereocenters. The standard InChI is InChI=1S/C17H19BrN2O5S/c1-3-24-13-5-7-14(8-6-13)26(22,23)20-19-11-12-9-15(18)17(21)16(10-12)25-4-2/h5-11,20-21H,3-4H2,1-2H3/b19-11+. The fraction of sp³-hybridized carbons (Fsp3) is 0.235. The predicted molar refractivity (Wildman–Crippen MR) is 103 cm³/mol. The van der Waals surface area contributed by atoms with Crippen molar-refractivity contribution in [3.05, 3.63) is 46.4 Å². The zero-order chi connectivity index (χ0) is 19.2. The first-order chi connectivity index (χ1) is 12.4. The number of phenols is 1. The average molecular weight is 443 g/mol. The lowest BCUT2D eigenvalue weighted by atomic mass is 10.2. The summed E-state index contributed by atoms with van der Waals surface area (Å²) in [5.41, 5.74) is 0.549. The lowest BCUT2D eigenvalue weighted by molar-refractivity contribution is 0.317. The van der Waals surface area contributed by atoms with Gasteiger partial charge in [0.25, 0.3) is 10.0 Å². The SMILES string of the molecule is CCOc1ccc(S(=O)(=O)N/N=C/c2cc(Br)c(O)c(OCC)c2)cc1. The molecule has 2 N–H and O–H groups in total. The lowest BCUT2D eigenvalue weighted by Gasteiger charge is -2.08. The molecule has 140 valence electrons. The third kappa shape index (κ3) is 5.12. The van der Waals surface area contributed by atoms with Crippen LogP contribution in [-0.2, 0) is 10.0 Å². The van der Waals surface area contributed by atoms with Crippen LogP contribution in [-0.4, -0.2) is 33.0 Å². The predicted octanol–water partition coefficient (Wildman–Crippen LogP) is 3.26. The van der Waals surface area contributed by atoms with E-state index in [-0.39, 0.29) is 16.4 Å². The van der Waals surface area contributed by atoms with Gasteiger partial charge in [0.1, 0.15) is 5.75 Å². The van der Waals surface area contributed by atoms with E-state index in [0.29, 0.717) is 29.0 Å². The van der Waals surface area contributed by atoms with Gasteiger partial charge in [-0.2, -0.15) is 13.5 Å². The van der Waals surface area contributed by atoms with Gasteiger partial charge in [-0.25, -0.2) is 4.83 Å². The molecule has 0 aliphatic rings. The molecular formula is C17H19BrN2O5S. The van der Waals surface area contributed by atoms with Crippen molar-refractivity contribution >= 4 is 32.2 Å². The van der Waals surface area contributed by atoms with Crippen LogP contribution in [0, 0.1) is 0 Å². The van der Waals surface area contributed by atoms with Gasteiger partial charge in [0.2, 0.25) is 0 Å². The zero-order valence-corrected chi connectivity index (χ0v) is 16.7. The molecule has 7 nitrogen and oxygen atoms in total. The zero-order valence-electron chi connectivity index (χ0n) is 14.3. The summed E-state index contributed by atoms with van der Waals surface area (Å²) in [7, 11) is -3.80. The fourth-order valence-electron chi connectivity index (χ4n) is 2.04. The average Bonchev–Trinajstić information content (AvgIpc) is 2.60. The number of halogens is 1. The number of aromatic hydroxyl groups is 1. The molecule has 26 heavy (non-hydrogen) atoms. The fourth-order valence-corrected chi connectivity index (χ4v) is 3.29. The molecule has 0 heterocycles. The second kappa shape index (κ2) is 8.91. The summed E-state index contributed by atoms with van der Waals surface area (Å²) in [6, 6.07) is 9.17. The molecule has 0 atom stereocenters. The number of nitrogens with zero attached hydrogens (tertiary/aromatic N) is 1. The molecule has 0 saturated carbocycles. The Labute approximate surface area is 160 Å². The van der Waals surface area contributed by atoms with Crippen molar-refractivity contribution in [1.82, 2.24) is 4.83 Å². The molecular weight excluding hydrogens is 424 g/mol. The Bertz CT molecular complexity index is 883. The molecule has 0 fully saturated rings. The van der Waals surface area contributed by atoms with Crippen LogP contribution in [0.15, 0.2) is 50.9 Å². The Morgan fingerprint density at radius 2 is 1.81 bits per heavy atom. The van der Waals surface area contributed by atoms with Gasteiger partial charge in [0.05, 0.1) is 28.8 Å². The van der Waals surface area contributed by atoms with Crippen LogP contribution < -0.4 is 14.3 Å². The quantitative estimate of drug-likeness (QED) is 0.482. The van der Waals surface area contributed by atoms with Crippen molar-refractivity contribution in [3.8, 4) is 17.2 Å². The van der Waals surface area contributed by atoms with E-state index >= 15 is 0 Å². The van der Waals surface area contributed by atoms with Gasteiger partial charge >= 0.3 is 0 Å². The molecule has 0 spiro atoms. The monoisotopic (exact) mass is 442 g/mol. The Kier molecular flexibility index (Phi) is 6.87. The van der Waals surface area contributed by atoms with Crippen molar-refractivity contribution in [3.63, 3.8) is 0 Å². The van der Waals surface area contributed by atoms with Crippen LogP contribution in [0.3, 0.4) is 0 Å². The topological polar surface area (TPSA) is 97.2 Å². The summed E-state index contributed by atoms with van der Waals surface area (Å²) in [5, 5.41) is 13.6.